The third kappa shape index (κ3) is 2.99. The Labute approximate surface area is 154 Å². The van der Waals surface area contributed by atoms with E-state index in [1.165, 1.54) is 4.57 Å². The second-order valence-corrected chi connectivity index (χ2v) is 6.39. The molecule has 3 heterocycles. The number of para-hydroxylation sites is 1. The number of anilines is 1. The number of amides is 1. The van der Waals surface area contributed by atoms with Gasteiger partial charge in [0.05, 0.1) is 18.3 Å². The second kappa shape index (κ2) is 6.72. The lowest BCUT2D eigenvalue weighted by Crippen LogP contribution is -2.29. The van der Waals surface area contributed by atoms with Crippen molar-refractivity contribution in [1.29, 1.82) is 0 Å². The van der Waals surface area contributed by atoms with Crippen molar-refractivity contribution in [1.82, 2.24) is 14.9 Å². The molecule has 2 aromatic heterocycles. The number of hydrogen-bond acceptors (Lipinski definition) is 6. The molecule has 0 radical (unpaired) electrons. The molecule has 132 valence electrons. The number of carbonyl (C=O) groups excluding carboxylic acids is 2. The minimum absolute atomic E-state index is 0.140. The number of aromatic nitrogens is 2. The minimum atomic E-state index is -0.501. The summed E-state index contributed by atoms with van der Waals surface area (Å²) >= 11 is 5.26. The van der Waals surface area contributed by atoms with Crippen molar-refractivity contribution in [2.45, 2.75) is 25.4 Å². The van der Waals surface area contributed by atoms with Gasteiger partial charge in [-0.3, -0.25) is 9.59 Å². The molecule has 1 aliphatic rings. The fourth-order valence-corrected chi connectivity index (χ4v) is 3.31. The van der Waals surface area contributed by atoms with Crippen LogP contribution < -0.4 is 10.6 Å². The average Bonchev–Trinajstić information content (AvgIpc) is 3.27. The first-order valence-corrected chi connectivity index (χ1v) is 8.66. The summed E-state index contributed by atoms with van der Waals surface area (Å²) in [7, 11) is 0. The fourth-order valence-electron chi connectivity index (χ4n) is 3.03. The largest absolute Gasteiger partial charge is 0.467 e. The summed E-state index contributed by atoms with van der Waals surface area (Å²) in [5.41, 5.74) is 0.737. The Bertz CT molecular complexity index is 1040. The van der Waals surface area contributed by atoms with Crippen LogP contribution in [0, 0.1) is 4.77 Å². The third-order valence-corrected chi connectivity index (χ3v) is 4.59. The third-order valence-electron chi connectivity index (χ3n) is 4.32. The normalized spacial score (nSPS) is 15.7. The molecule has 1 unspecified atom stereocenters. The highest BCUT2D eigenvalue weighted by Crippen LogP contribution is 2.29. The van der Waals surface area contributed by atoms with Crippen molar-refractivity contribution >= 4 is 40.8 Å². The number of benzene rings is 1. The predicted molar refractivity (Wildman–Crippen MR) is 98.4 cm³/mol. The van der Waals surface area contributed by atoms with Crippen molar-refractivity contribution in [3.05, 3.63) is 53.2 Å². The Morgan fingerprint density at radius 3 is 2.96 bits per heavy atom. The van der Waals surface area contributed by atoms with Crippen molar-refractivity contribution in [2.24, 2.45) is 0 Å². The van der Waals surface area contributed by atoms with Crippen LogP contribution in [-0.4, -0.2) is 27.4 Å². The van der Waals surface area contributed by atoms with Gasteiger partial charge in [0.25, 0.3) is 5.91 Å². The lowest BCUT2D eigenvalue weighted by Gasteiger charge is -2.09. The molecule has 1 aromatic carbocycles. The molecule has 0 fully saturated rings. The van der Waals surface area contributed by atoms with Crippen LogP contribution in [0.4, 0.5) is 5.82 Å². The van der Waals surface area contributed by atoms with Crippen LogP contribution in [0.2, 0.25) is 0 Å². The molecule has 1 aliphatic heterocycles. The Hall–Kier alpha value is -3.00. The van der Waals surface area contributed by atoms with Gasteiger partial charge in [-0.25, -0.2) is 9.55 Å². The zero-order valence-electron chi connectivity index (χ0n) is 13.8. The van der Waals surface area contributed by atoms with Crippen LogP contribution in [0.3, 0.4) is 0 Å². The van der Waals surface area contributed by atoms with Crippen LogP contribution in [0.1, 0.15) is 23.4 Å². The molecule has 1 amide bonds. The highest BCUT2D eigenvalue weighted by atomic mass is 32.1. The molecule has 8 heteroatoms. The molecule has 7 nitrogen and oxygen atoms in total. The number of nitrogens with zero attached hydrogens (tertiary/aromatic N) is 2. The number of hydrogen-bond donors (Lipinski definition) is 2. The van der Waals surface area contributed by atoms with Gasteiger partial charge in [-0.2, -0.15) is 0 Å². The zero-order valence-corrected chi connectivity index (χ0v) is 14.6. The molecule has 26 heavy (non-hydrogen) atoms. The van der Waals surface area contributed by atoms with Gasteiger partial charge >= 0.3 is 0 Å². The highest BCUT2D eigenvalue weighted by molar-refractivity contribution is 7.71. The lowest BCUT2D eigenvalue weighted by molar-refractivity contribution is -0.121. The number of fused-ring (bicyclic) bond motifs is 3. The van der Waals surface area contributed by atoms with Crippen LogP contribution >= 0.6 is 12.2 Å². The maximum absolute atomic E-state index is 12.7. The topological polar surface area (TPSA) is 89.2 Å². The van der Waals surface area contributed by atoms with E-state index in [0.717, 1.165) is 10.9 Å². The Morgan fingerprint density at radius 2 is 2.15 bits per heavy atom. The lowest BCUT2D eigenvalue weighted by atomic mass is 10.1. The second-order valence-electron chi connectivity index (χ2n) is 6.03. The van der Waals surface area contributed by atoms with E-state index >= 15 is 0 Å². The van der Waals surface area contributed by atoms with Crippen LogP contribution in [0.15, 0.2) is 47.1 Å². The molecule has 2 N–H and O–H groups in total. The molecule has 4 rings (SSSR count). The number of furan rings is 1. The van der Waals surface area contributed by atoms with E-state index < -0.39 is 6.04 Å². The molecule has 0 spiro atoms. The zero-order chi connectivity index (χ0) is 18.1. The predicted octanol–water partition coefficient (Wildman–Crippen LogP) is 2.89. The SMILES string of the molecule is O=C(CCC1Nc2c3ccccc3nc(=S)n2C1=O)NCc1ccco1. The van der Waals surface area contributed by atoms with E-state index in [4.69, 9.17) is 16.6 Å². The first-order valence-electron chi connectivity index (χ1n) is 8.25. The van der Waals surface area contributed by atoms with E-state index in [1.54, 1.807) is 18.4 Å². The van der Waals surface area contributed by atoms with Crippen molar-refractivity contribution in [3.63, 3.8) is 0 Å². The molecule has 0 saturated heterocycles. The molecular formula is C18H16N4O3S. The van der Waals surface area contributed by atoms with Gasteiger partial charge in [0.2, 0.25) is 10.7 Å². The molecule has 3 aromatic rings. The quantitative estimate of drug-likeness (QED) is 0.673. The van der Waals surface area contributed by atoms with Gasteiger partial charge in [-0.15, -0.1) is 0 Å². The maximum Gasteiger partial charge on any atom is 0.257 e. The van der Waals surface area contributed by atoms with E-state index in [0.29, 0.717) is 24.5 Å². The van der Waals surface area contributed by atoms with Gasteiger partial charge in [-0.1, -0.05) is 12.1 Å². The molecule has 0 aliphatic carbocycles. The van der Waals surface area contributed by atoms with Gasteiger partial charge in [0.15, 0.2) is 0 Å². The first-order chi connectivity index (χ1) is 12.6. The van der Waals surface area contributed by atoms with Crippen LogP contribution in [0.5, 0.6) is 0 Å². The van der Waals surface area contributed by atoms with E-state index in [-0.39, 0.29) is 23.0 Å². The Kier molecular flexibility index (Phi) is 4.26. The maximum atomic E-state index is 12.7. The number of rotatable bonds is 5. The average molecular weight is 368 g/mol. The monoisotopic (exact) mass is 368 g/mol. The van der Waals surface area contributed by atoms with Crippen LogP contribution in [-0.2, 0) is 11.3 Å². The van der Waals surface area contributed by atoms with Crippen LogP contribution in [0.25, 0.3) is 10.9 Å². The van der Waals surface area contributed by atoms with Crippen molar-refractivity contribution in [3.8, 4) is 0 Å². The summed E-state index contributed by atoms with van der Waals surface area (Å²) in [6, 6.07) is 10.6. The minimum Gasteiger partial charge on any atom is -0.467 e. The first kappa shape index (κ1) is 16.5. The van der Waals surface area contributed by atoms with Gasteiger partial charge in [-0.05, 0) is 42.9 Å². The summed E-state index contributed by atoms with van der Waals surface area (Å²) in [4.78, 5) is 29.0. The smallest absolute Gasteiger partial charge is 0.257 e. The summed E-state index contributed by atoms with van der Waals surface area (Å²) in [5.74, 6) is 1.01. The Balaban J connectivity index is 1.45. The fraction of sp³-hybridized carbons (Fsp3) is 0.222. The molecule has 0 saturated carbocycles. The van der Waals surface area contributed by atoms with Gasteiger partial charge in [0.1, 0.15) is 17.6 Å². The van der Waals surface area contributed by atoms with E-state index in [9.17, 15) is 9.59 Å². The number of nitrogens with one attached hydrogen (secondary N) is 2. The summed E-state index contributed by atoms with van der Waals surface area (Å²) in [6.07, 6.45) is 2.15. The van der Waals surface area contributed by atoms with Gasteiger partial charge < -0.3 is 15.1 Å². The Morgan fingerprint density at radius 1 is 1.31 bits per heavy atom. The standard InChI is InChI=1S/C18H16N4O3S/c23-15(19-10-11-4-3-9-25-11)8-7-14-17(24)22-16(20-14)12-5-1-2-6-13(12)21-18(22)26/h1-6,9,14,20H,7-8,10H2,(H,19,23). The molecule has 1 atom stereocenters. The molecular weight excluding hydrogens is 352 g/mol. The van der Waals surface area contributed by atoms with Gasteiger partial charge in [0, 0.05) is 11.8 Å². The van der Waals surface area contributed by atoms with E-state index in [1.807, 2.05) is 24.3 Å². The summed E-state index contributed by atoms with van der Waals surface area (Å²) in [5, 5.41) is 6.81. The van der Waals surface area contributed by atoms with Crippen molar-refractivity contribution < 1.29 is 14.0 Å². The highest BCUT2D eigenvalue weighted by Gasteiger charge is 2.31. The van der Waals surface area contributed by atoms with Crippen molar-refractivity contribution in [2.75, 3.05) is 5.32 Å². The summed E-state index contributed by atoms with van der Waals surface area (Å²) < 4.78 is 6.82. The summed E-state index contributed by atoms with van der Waals surface area (Å²) in [6.45, 7) is 0.331. The van der Waals surface area contributed by atoms with E-state index in [2.05, 4.69) is 15.6 Å². The number of carbonyl (C=O) groups is 2. The molecule has 0 bridgehead atoms.